The van der Waals surface area contributed by atoms with Crippen molar-refractivity contribution in [3.8, 4) is 17.2 Å². The van der Waals surface area contributed by atoms with Crippen LogP contribution in [0, 0.1) is 0 Å². The van der Waals surface area contributed by atoms with Gasteiger partial charge in [0.25, 0.3) is 0 Å². The van der Waals surface area contributed by atoms with E-state index in [0.29, 0.717) is 31.7 Å². The summed E-state index contributed by atoms with van der Waals surface area (Å²) in [5, 5.41) is 12.4. The van der Waals surface area contributed by atoms with Crippen LogP contribution in [-0.4, -0.2) is 31.3 Å². The van der Waals surface area contributed by atoms with E-state index >= 15 is 0 Å². The predicted octanol–water partition coefficient (Wildman–Crippen LogP) is 2.53. The molecule has 2 rings (SSSR count). The highest BCUT2D eigenvalue weighted by atomic mass is 16.5. The van der Waals surface area contributed by atoms with Gasteiger partial charge in [-0.3, -0.25) is 4.79 Å². The first-order valence-electron chi connectivity index (χ1n) is 7.49. The van der Waals surface area contributed by atoms with Gasteiger partial charge >= 0.3 is 0 Å². The molecule has 0 atom stereocenters. The van der Waals surface area contributed by atoms with E-state index in [1.54, 1.807) is 25.3 Å². The lowest BCUT2D eigenvalue weighted by molar-refractivity contribution is -0.121. The fourth-order valence-electron chi connectivity index (χ4n) is 2.11. The molecule has 5 nitrogen and oxygen atoms in total. The molecule has 0 saturated carbocycles. The molecule has 0 aliphatic carbocycles. The lowest BCUT2D eigenvalue weighted by atomic mass is 10.1. The van der Waals surface area contributed by atoms with Crippen LogP contribution in [0.25, 0.3) is 0 Å². The first-order valence-corrected chi connectivity index (χ1v) is 7.49. The fraction of sp³-hybridized carbons (Fsp3) is 0.278. The minimum Gasteiger partial charge on any atom is -0.508 e. The normalized spacial score (nSPS) is 10.1. The van der Waals surface area contributed by atoms with Crippen LogP contribution >= 0.6 is 0 Å². The van der Waals surface area contributed by atoms with Crippen LogP contribution in [0.5, 0.6) is 17.2 Å². The molecule has 0 heterocycles. The largest absolute Gasteiger partial charge is 0.508 e. The third-order valence-electron chi connectivity index (χ3n) is 3.35. The van der Waals surface area contributed by atoms with Gasteiger partial charge in [0.05, 0.1) is 13.7 Å². The Hall–Kier alpha value is -2.69. The first kappa shape index (κ1) is 16.7. The highest BCUT2D eigenvalue weighted by molar-refractivity contribution is 5.76. The number of aromatic hydroxyl groups is 1. The van der Waals surface area contributed by atoms with Crippen molar-refractivity contribution in [3.63, 3.8) is 0 Å². The Bertz CT molecular complexity index is 642. The summed E-state index contributed by atoms with van der Waals surface area (Å²) in [7, 11) is 1.60. The van der Waals surface area contributed by atoms with Gasteiger partial charge in [0, 0.05) is 12.5 Å². The number of carbonyl (C=O) groups excluding carboxylic acids is 1. The van der Waals surface area contributed by atoms with Crippen molar-refractivity contribution in [1.82, 2.24) is 5.32 Å². The summed E-state index contributed by atoms with van der Waals surface area (Å²) in [5.74, 6) is 1.59. The van der Waals surface area contributed by atoms with E-state index in [2.05, 4.69) is 5.32 Å². The van der Waals surface area contributed by atoms with Gasteiger partial charge in [-0.1, -0.05) is 24.3 Å². The summed E-state index contributed by atoms with van der Waals surface area (Å²) in [6.45, 7) is 0.812. The third-order valence-corrected chi connectivity index (χ3v) is 3.35. The van der Waals surface area contributed by atoms with E-state index in [-0.39, 0.29) is 11.7 Å². The van der Waals surface area contributed by atoms with E-state index in [0.717, 1.165) is 11.3 Å². The number of nitrogens with one attached hydrogen (secondary N) is 1. The number of carbonyl (C=O) groups is 1. The van der Waals surface area contributed by atoms with Crippen molar-refractivity contribution >= 4 is 5.91 Å². The minimum atomic E-state index is -0.0671. The van der Waals surface area contributed by atoms with Crippen LogP contribution in [0.1, 0.15) is 12.0 Å². The maximum atomic E-state index is 11.8. The number of hydrogen-bond donors (Lipinski definition) is 2. The van der Waals surface area contributed by atoms with Gasteiger partial charge in [-0.05, 0) is 30.2 Å². The number of ether oxygens (including phenoxy) is 2. The monoisotopic (exact) mass is 315 g/mol. The third kappa shape index (κ3) is 5.54. The molecule has 0 saturated heterocycles. The molecule has 2 N–H and O–H groups in total. The highest BCUT2D eigenvalue weighted by Crippen LogP contribution is 2.18. The molecule has 2 aromatic rings. The molecule has 0 aromatic heterocycles. The molecular weight excluding hydrogens is 294 g/mol. The molecular formula is C18H21NO4. The van der Waals surface area contributed by atoms with Gasteiger partial charge in [0.1, 0.15) is 23.9 Å². The molecule has 0 bridgehead atoms. The Kier molecular flexibility index (Phi) is 6.29. The van der Waals surface area contributed by atoms with Gasteiger partial charge in [0.2, 0.25) is 5.91 Å². The van der Waals surface area contributed by atoms with Crippen LogP contribution < -0.4 is 14.8 Å². The number of benzene rings is 2. The number of rotatable bonds is 8. The van der Waals surface area contributed by atoms with Crippen molar-refractivity contribution in [2.45, 2.75) is 12.8 Å². The van der Waals surface area contributed by atoms with Gasteiger partial charge < -0.3 is 19.9 Å². The van der Waals surface area contributed by atoms with Crippen molar-refractivity contribution < 1.29 is 19.4 Å². The van der Waals surface area contributed by atoms with Crippen molar-refractivity contribution in [3.05, 3.63) is 54.1 Å². The molecule has 0 aliphatic heterocycles. The molecule has 0 spiro atoms. The van der Waals surface area contributed by atoms with Gasteiger partial charge in [-0.2, -0.15) is 0 Å². The molecule has 0 radical (unpaired) electrons. The Morgan fingerprint density at radius 3 is 2.70 bits per heavy atom. The zero-order valence-electron chi connectivity index (χ0n) is 13.1. The Morgan fingerprint density at radius 2 is 1.91 bits per heavy atom. The van der Waals surface area contributed by atoms with E-state index in [9.17, 15) is 9.90 Å². The first-order chi connectivity index (χ1) is 11.2. The number of amides is 1. The Morgan fingerprint density at radius 1 is 1.13 bits per heavy atom. The van der Waals surface area contributed by atoms with Crippen LogP contribution in [-0.2, 0) is 11.2 Å². The number of phenolic OH excluding ortho intramolecular Hbond substituents is 1. The zero-order chi connectivity index (χ0) is 16.5. The lowest BCUT2D eigenvalue weighted by Crippen LogP contribution is -2.28. The summed E-state index contributed by atoms with van der Waals surface area (Å²) >= 11 is 0. The smallest absolute Gasteiger partial charge is 0.220 e. The second kappa shape index (κ2) is 8.68. The SMILES string of the molecule is COc1cccc(OCCNC(=O)CCc2ccccc2O)c1. The average Bonchev–Trinajstić information content (AvgIpc) is 2.58. The molecule has 1 amide bonds. The number of phenols is 1. The second-order valence-electron chi connectivity index (χ2n) is 5.01. The number of hydrogen-bond acceptors (Lipinski definition) is 4. The van der Waals surface area contributed by atoms with Crippen LogP contribution in [0.2, 0.25) is 0 Å². The topological polar surface area (TPSA) is 67.8 Å². The van der Waals surface area contributed by atoms with E-state index in [4.69, 9.17) is 9.47 Å². The quantitative estimate of drug-likeness (QED) is 0.735. The summed E-state index contributed by atoms with van der Waals surface area (Å²) < 4.78 is 10.7. The number of aryl methyl sites for hydroxylation is 1. The van der Waals surface area contributed by atoms with Crippen molar-refractivity contribution in [1.29, 1.82) is 0 Å². The summed E-state index contributed by atoms with van der Waals surface area (Å²) in [5.41, 5.74) is 0.773. The molecule has 23 heavy (non-hydrogen) atoms. The number of para-hydroxylation sites is 1. The summed E-state index contributed by atoms with van der Waals surface area (Å²) in [6, 6.07) is 14.3. The van der Waals surface area contributed by atoms with E-state index < -0.39 is 0 Å². The average molecular weight is 315 g/mol. The molecule has 2 aromatic carbocycles. The maximum Gasteiger partial charge on any atom is 0.220 e. The standard InChI is InChI=1S/C18H21NO4/c1-22-15-6-4-7-16(13-15)23-12-11-19-18(21)10-9-14-5-2-3-8-17(14)20/h2-8,13,20H,9-12H2,1H3,(H,19,21). The van der Waals surface area contributed by atoms with Crippen molar-refractivity contribution in [2.75, 3.05) is 20.3 Å². The lowest BCUT2D eigenvalue weighted by Gasteiger charge is -2.09. The Balaban J connectivity index is 1.66. The van der Waals surface area contributed by atoms with E-state index in [1.165, 1.54) is 0 Å². The summed E-state index contributed by atoms with van der Waals surface area (Å²) in [6.07, 6.45) is 0.839. The molecule has 0 fully saturated rings. The van der Waals surface area contributed by atoms with Gasteiger partial charge in [-0.15, -0.1) is 0 Å². The molecule has 0 unspecified atom stereocenters. The van der Waals surface area contributed by atoms with Gasteiger partial charge in [0.15, 0.2) is 0 Å². The van der Waals surface area contributed by atoms with E-state index in [1.807, 2.05) is 30.3 Å². The zero-order valence-corrected chi connectivity index (χ0v) is 13.1. The fourth-order valence-corrected chi connectivity index (χ4v) is 2.11. The minimum absolute atomic E-state index is 0.0671. The van der Waals surface area contributed by atoms with Crippen LogP contribution in [0.4, 0.5) is 0 Å². The Labute approximate surface area is 135 Å². The van der Waals surface area contributed by atoms with Crippen LogP contribution in [0.15, 0.2) is 48.5 Å². The molecule has 122 valence electrons. The second-order valence-corrected chi connectivity index (χ2v) is 5.01. The number of methoxy groups -OCH3 is 1. The molecule has 0 aliphatic rings. The predicted molar refractivity (Wildman–Crippen MR) is 87.9 cm³/mol. The highest BCUT2D eigenvalue weighted by Gasteiger charge is 2.05. The van der Waals surface area contributed by atoms with Gasteiger partial charge in [-0.25, -0.2) is 0 Å². The maximum absolute atomic E-state index is 11.8. The summed E-state index contributed by atoms with van der Waals surface area (Å²) in [4.78, 5) is 11.8. The molecule has 5 heteroatoms. The van der Waals surface area contributed by atoms with Crippen LogP contribution in [0.3, 0.4) is 0 Å². The van der Waals surface area contributed by atoms with Crippen molar-refractivity contribution in [2.24, 2.45) is 0 Å².